The highest BCUT2D eigenvalue weighted by atomic mass is 16.3. The Balaban J connectivity index is 1.73. The van der Waals surface area contributed by atoms with E-state index < -0.39 is 0 Å². The molecule has 0 spiro atoms. The molecule has 1 unspecified atom stereocenters. The maximum Gasteiger partial charge on any atom is 0.135 e. The number of furan rings is 1. The number of aromatic nitrogens is 2. The second-order valence-electron chi connectivity index (χ2n) is 5.76. The Morgan fingerprint density at radius 1 is 1.13 bits per heavy atom. The van der Waals surface area contributed by atoms with Gasteiger partial charge in [0.05, 0.1) is 6.04 Å². The smallest absolute Gasteiger partial charge is 0.135 e. The molecule has 3 rings (SSSR count). The van der Waals surface area contributed by atoms with Crippen molar-refractivity contribution in [3.05, 3.63) is 77.1 Å². The summed E-state index contributed by atoms with van der Waals surface area (Å²) in [5.41, 5.74) is 2.37. The Hall–Kier alpha value is -2.62. The molecule has 1 aromatic carbocycles. The third kappa shape index (κ3) is 3.77. The van der Waals surface area contributed by atoms with Gasteiger partial charge in [0, 0.05) is 18.2 Å². The van der Waals surface area contributed by atoms with Gasteiger partial charge in [-0.3, -0.25) is 0 Å². The summed E-state index contributed by atoms with van der Waals surface area (Å²) in [6, 6.07) is 14.3. The predicted octanol–water partition coefficient (Wildman–Crippen LogP) is 4.45. The quantitative estimate of drug-likeness (QED) is 0.756. The summed E-state index contributed by atoms with van der Waals surface area (Å²) in [5.74, 6) is 3.52. The molecule has 0 amide bonds. The highest BCUT2D eigenvalue weighted by Crippen LogP contribution is 2.24. The summed E-state index contributed by atoms with van der Waals surface area (Å²) in [5, 5.41) is 3.43. The molecule has 4 nitrogen and oxygen atoms in total. The van der Waals surface area contributed by atoms with Crippen LogP contribution in [0.25, 0.3) is 0 Å². The first-order valence-electron chi connectivity index (χ1n) is 7.81. The number of anilines is 1. The van der Waals surface area contributed by atoms with Crippen molar-refractivity contribution in [1.82, 2.24) is 9.97 Å². The van der Waals surface area contributed by atoms with Crippen LogP contribution in [0.4, 0.5) is 5.82 Å². The molecule has 0 bridgehead atoms. The first-order chi connectivity index (χ1) is 11.1. The molecule has 0 aliphatic carbocycles. The molecule has 4 heteroatoms. The molecule has 0 saturated carbocycles. The lowest BCUT2D eigenvalue weighted by atomic mass is 10.1. The van der Waals surface area contributed by atoms with Crippen LogP contribution in [0.2, 0.25) is 0 Å². The first-order valence-corrected chi connectivity index (χ1v) is 7.81. The standard InChI is InChI=1S/C19H21N3O/c1-13-11-17(15(3)23-13)14(2)21-18-9-10-20-19(22-18)12-16-7-5-4-6-8-16/h4-11,14H,12H2,1-3H3,(H,20,21,22). The molecule has 0 radical (unpaired) electrons. The minimum atomic E-state index is 0.131. The van der Waals surface area contributed by atoms with E-state index in [1.54, 1.807) is 6.20 Å². The summed E-state index contributed by atoms with van der Waals surface area (Å²) in [6.07, 6.45) is 2.53. The third-order valence-corrected chi connectivity index (χ3v) is 3.82. The van der Waals surface area contributed by atoms with Crippen molar-refractivity contribution in [2.75, 3.05) is 5.32 Å². The van der Waals surface area contributed by atoms with Gasteiger partial charge in [0.1, 0.15) is 23.2 Å². The van der Waals surface area contributed by atoms with E-state index in [4.69, 9.17) is 4.42 Å². The van der Waals surface area contributed by atoms with Crippen LogP contribution in [0.15, 0.2) is 53.1 Å². The first kappa shape index (κ1) is 15.3. The lowest BCUT2D eigenvalue weighted by Crippen LogP contribution is -2.09. The van der Waals surface area contributed by atoms with E-state index in [0.717, 1.165) is 35.1 Å². The molecule has 0 fully saturated rings. The monoisotopic (exact) mass is 307 g/mol. The summed E-state index contributed by atoms with van der Waals surface area (Å²) >= 11 is 0. The number of hydrogen-bond acceptors (Lipinski definition) is 4. The molecule has 1 atom stereocenters. The normalized spacial score (nSPS) is 12.1. The van der Waals surface area contributed by atoms with Gasteiger partial charge in [-0.25, -0.2) is 9.97 Å². The van der Waals surface area contributed by atoms with Crippen molar-refractivity contribution in [3.63, 3.8) is 0 Å². The van der Waals surface area contributed by atoms with Crippen LogP contribution >= 0.6 is 0 Å². The Labute approximate surface area is 136 Å². The van der Waals surface area contributed by atoms with Gasteiger partial charge in [-0.2, -0.15) is 0 Å². The maximum atomic E-state index is 5.60. The molecular weight excluding hydrogens is 286 g/mol. The number of rotatable bonds is 5. The maximum absolute atomic E-state index is 5.60. The number of nitrogens with one attached hydrogen (secondary N) is 1. The van der Waals surface area contributed by atoms with Crippen LogP contribution in [0.1, 0.15) is 41.4 Å². The van der Waals surface area contributed by atoms with Gasteiger partial charge >= 0.3 is 0 Å². The van der Waals surface area contributed by atoms with Gasteiger partial charge in [0.2, 0.25) is 0 Å². The van der Waals surface area contributed by atoms with Crippen molar-refractivity contribution in [1.29, 1.82) is 0 Å². The molecule has 23 heavy (non-hydrogen) atoms. The summed E-state index contributed by atoms with van der Waals surface area (Å²) in [7, 11) is 0. The van der Waals surface area contributed by atoms with Gasteiger partial charge in [-0.05, 0) is 38.5 Å². The predicted molar refractivity (Wildman–Crippen MR) is 91.5 cm³/mol. The molecule has 2 aromatic heterocycles. The molecule has 0 aliphatic heterocycles. The van der Waals surface area contributed by atoms with E-state index in [0.29, 0.717) is 0 Å². The van der Waals surface area contributed by atoms with E-state index in [2.05, 4.69) is 40.4 Å². The molecule has 3 aromatic rings. The van der Waals surface area contributed by atoms with Crippen molar-refractivity contribution in [2.24, 2.45) is 0 Å². The number of benzene rings is 1. The van der Waals surface area contributed by atoms with E-state index in [1.807, 2.05) is 38.1 Å². The zero-order valence-corrected chi connectivity index (χ0v) is 13.7. The van der Waals surface area contributed by atoms with E-state index >= 15 is 0 Å². The summed E-state index contributed by atoms with van der Waals surface area (Å²) in [4.78, 5) is 8.98. The van der Waals surface area contributed by atoms with E-state index in [-0.39, 0.29) is 6.04 Å². The average molecular weight is 307 g/mol. The van der Waals surface area contributed by atoms with Gasteiger partial charge in [-0.1, -0.05) is 30.3 Å². The highest BCUT2D eigenvalue weighted by molar-refractivity contribution is 5.39. The Morgan fingerprint density at radius 2 is 1.91 bits per heavy atom. The highest BCUT2D eigenvalue weighted by Gasteiger charge is 2.13. The van der Waals surface area contributed by atoms with E-state index in [9.17, 15) is 0 Å². The lowest BCUT2D eigenvalue weighted by Gasteiger charge is -2.14. The van der Waals surface area contributed by atoms with Crippen LogP contribution in [0.3, 0.4) is 0 Å². The fourth-order valence-corrected chi connectivity index (χ4v) is 2.72. The molecule has 0 saturated heterocycles. The van der Waals surface area contributed by atoms with Gasteiger partial charge in [0.25, 0.3) is 0 Å². The van der Waals surface area contributed by atoms with Crippen LogP contribution < -0.4 is 5.32 Å². The number of aryl methyl sites for hydroxylation is 2. The molecule has 2 heterocycles. The molecule has 0 aliphatic rings. The lowest BCUT2D eigenvalue weighted by molar-refractivity contribution is 0.499. The fourth-order valence-electron chi connectivity index (χ4n) is 2.72. The van der Waals surface area contributed by atoms with Crippen LogP contribution in [-0.4, -0.2) is 9.97 Å². The number of hydrogen-bond donors (Lipinski definition) is 1. The van der Waals surface area contributed by atoms with Crippen molar-refractivity contribution < 1.29 is 4.42 Å². The summed E-state index contributed by atoms with van der Waals surface area (Å²) in [6.45, 7) is 6.06. The van der Waals surface area contributed by atoms with Crippen molar-refractivity contribution in [3.8, 4) is 0 Å². The SMILES string of the molecule is Cc1cc(C(C)Nc2ccnc(Cc3ccccc3)n2)c(C)o1. The minimum absolute atomic E-state index is 0.131. The molecule has 1 N–H and O–H groups in total. The van der Waals surface area contributed by atoms with Crippen LogP contribution in [0, 0.1) is 13.8 Å². The van der Waals surface area contributed by atoms with Gasteiger partial charge < -0.3 is 9.73 Å². The van der Waals surface area contributed by atoms with Gasteiger partial charge in [-0.15, -0.1) is 0 Å². The third-order valence-electron chi connectivity index (χ3n) is 3.82. The largest absolute Gasteiger partial charge is 0.466 e. The average Bonchev–Trinajstić information content (AvgIpc) is 2.87. The van der Waals surface area contributed by atoms with E-state index in [1.165, 1.54) is 5.56 Å². The Kier molecular flexibility index (Phi) is 4.42. The summed E-state index contributed by atoms with van der Waals surface area (Å²) < 4.78 is 5.60. The number of nitrogens with zero attached hydrogens (tertiary/aromatic N) is 2. The van der Waals surface area contributed by atoms with Crippen molar-refractivity contribution >= 4 is 5.82 Å². The Morgan fingerprint density at radius 3 is 2.61 bits per heavy atom. The second kappa shape index (κ2) is 6.65. The molecule has 118 valence electrons. The zero-order valence-electron chi connectivity index (χ0n) is 13.7. The van der Waals surface area contributed by atoms with Crippen LogP contribution in [-0.2, 0) is 6.42 Å². The second-order valence-corrected chi connectivity index (χ2v) is 5.76. The minimum Gasteiger partial charge on any atom is -0.466 e. The fraction of sp³-hybridized carbons (Fsp3) is 0.263. The molecular formula is C19H21N3O. The van der Waals surface area contributed by atoms with Gasteiger partial charge in [0.15, 0.2) is 0 Å². The Bertz CT molecular complexity index is 780. The van der Waals surface area contributed by atoms with Crippen molar-refractivity contribution in [2.45, 2.75) is 33.2 Å². The zero-order chi connectivity index (χ0) is 16.2. The van der Waals surface area contributed by atoms with Crippen LogP contribution in [0.5, 0.6) is 0 Å². The topological polar surface area (TPSA) is 51.0 Å².